The quantitative estimate of drug-likeness (QED) is 0.523. The highest BCUT2D eigenvalue weighted by Crippen LogP contribution is 2.22. The highest BCUT2D eigenvalue weighted by atomic mass is 32.2. The lowest BCUT2D eigenvalue weighted by Gasteiger charge is -2.10. The van der Waals surface area contributed by atoms with Gasteiger partial charge in [0.2, 0.25) is 5.91 Å². The van der Waals surface area contributed by atoms with Crippen molar-refractivity contribution in [2.75, 3.05) is 11.1 Å². The topological polar surface area (TPSA) is 69.0 Å². The highest BCUT2D eigenvalue weighted by molar-refractivity contribution is 7.99. The van der Waals surface area contributed by atoms with Gasteiger partial charge < -0.3 is 14.6 Å². The van der Waals surface area contributed by atoms with Crippen molar-refractivity contribution >= 4 is 23.4 Å². The number of hydrogen-bond donors (Lipinski definition) is 1. The summed E-state index contributed by atoms with van der Waals surface area (Å²) in [6.45, 7) is 8.68. The molecule has 0 saturated heterocycles. The van der Waals surface area contributed by atoms with Gasteiger partial charge in [-0.3, -0.25) is 4.79 Å². The fourth-order valence-electron chi connectivity index (χ4n) is 2.90. The van der Waals surface area contributed by atoms with Crippen LogP contribution in [0.5, 0.6) is 5.75 Å². The lowest BCUT2D eigenvalue weighted by Crippen LogP contribution is -2.15. The second-order valence-electron chi connectivity index (χ2n) is 7.55. The van der Waals surface area contributed by atoms with E-state index in [4.69, 9.17) is 4.74 Å². The molecule has 2 aromatic carbocycles. The Balaban J connectivity index is 1.53. The molecule has 1 amide bonds. The van der Waals surface area contributed by atoms with Gasteiger partial charge in [0.1, 0.15) is 12.4 Å². The number of carbonyl (C=O) groups is 1. The summed E-state index contributed by atoms with van der Waals surface area (Å²) in [5.41, 5.74) is 4.35. The first-order valence-electron chi connectivity index (χ1n) is 9.95. The maximum absolute atomic E-state index is 12.3. The van der Waals surface area contributed by atoms with E-state index in [-0.39, 0.29) is 11.7 Å². The molecule has 0 fully saturated rings. The van der Waals surface area contributed by atoms with Gasteiger partial charge in [-0.15, -0.1) is 10.2 Å². The molecule has 6 nitrogen and oxygen atoms in total. The van der Waals surface area contributed by atoms with Gasteiger partial charge in [-0.2, -0.15) is 0 Å². The zero-order chi connectivity index (χ0) is 21.7. The van der Waals surface area contributed by atoms with Crippen LogP contribution < -0.4 is 10.1 Å². The molecule has 0 bridgehead atoms. The van der Waals surface area contributed by atoms with E-state index in [1.807, 2.05) is 55.8 Å². The van der Waals surface area contributed by atoms with E-state index in [0.29, 0.717) is 23.5 Å². The number of benzene rings is 2. The number of amides is 1. The summed E-state index contributed by atoms with van der Waals surface area (Å²) in [4.78, 5) is 12.3. The Bertz CT molecular complexity index is 1010. The molecule has 30 heavy (non-hydrogen) atoms. The van der Waals surface area contributed by atoms with Gasteiger partial charge in [-0.25, -0.2) is 0 Å². The Hall–Kier alpha value is -2.80. The molecular weight excluding hydrogens is 396 g/mol. The molecule has 0 spiro atoms. The minimum absolute atomic E-state index is 0.0697. The fraction of sp³-hybridized carbons (Fsp3) is 0.348. The van der Waals surface area contributed by atoms with Gasteiger partial charge >= 0.3 is 0 Å². The van der Waals surface area contributed by atoms with Crippen LogP contribution in [-0.4, -0.2) is 26.4 Å². The second-order valence-corrected chi connectivity index (χ2v) is 8.50. The van der Waals surface area contributed by atoms with E-state index in [9.17, 15) is 4.79 Å². The number of thioether (sulfide) groups is 1. The third-order valence-corrected chi connectivity index (χ3v) is 6.07. The number of aromatic nitrogens is 3. The van der Waals surface area contributed by atoms with E-state index in [2.05, 4.69) is 41.5 Å². The molecule has 3 aromatic rings. The van der Waals surface area contributed by atoms with Gasteiger partial charge in [0, 0.05) is 12.7 Å². The van der Waals surface area contributed by atoms with Crippen molar-refractivity contribution in [1.82, 2.24) is 14.8 Å². The predicted octanol–water partition coefficient (Wildman–Crippen LogP) is 4.87. The Morgan fingerprint density at radius 2 is 1.87 bits per heavy atom. The molecule has 158 valence electrons. The van der Waals surface area contributed by atoms with Crippen molar-refractivity contribution in [2.45, 2.75) is 45.4 Å². The molecule has 1 aromatic heterocycles. The van der Waals surface area contributed by atoms with Crippen molar-refractivity contribution in [3.05, 3.63) is 65.0 Å². The molecule has 0 saturated carbocycles. The number of nitrogens with zero attached hydrogens (tertiary/aromatic N) is 3. The van der Waals surface area contributed by atoms with E-state index < -0.39 is 0 Å². The van der Waals surface area contributed by atoms with Gasteiger partial charge in [0.15, 0.2) is 11.0 Å². The lowest BCUT2D eigenvalue weighted by atomic mass is 10.0. The zero-order valence-electron chi connectivity index (χ0n) is 18.1. The SMILES string of the molecule is Cc1cccc(NC(=O)CSc2nnc(COc3ccc(C(C)C)cc3)n2C)c1C. The van der Waals surface area contributed by atoms with Gasteiger partial charge in [0.05, 0.1) is 5.75 Å². The first-order valence-corrected chi connectivity index (χ1v) is 10.9. The zero-order valence-corrected chi connectivity index (χ0v) is 18.9. The minimum Gasteiger partial charge on any atom is -0.486 e. The minimum atomic E-state index is -0.0697. The lowest BCUT2D eigenvalue weighted by molar-refractivity contribution is -0.113. The molecule has 3 rings (SSSR count). The number of carbonyl (C=O) groups excluding carboxylic acids is 1. The van der Waals surface area contributed by atoms with E-state index in [0.717, 1.165) is 22.6 Å². The summed E-state index contributed by atoms with van der Waals surface area (Å²) < 4.78 is 7.70. The van der Waals surface area contributed by atoms with Crippen LogP contribution in [0.1, 0.15) is 42.3 Å². The molecule has 0 aliphatic carbocycles. The van der Waals surface area contributed by atoms with Gasteiger partial charge in [-0.1, -0.05) is 49.9 Å². The monoisotopic (exact) mass is 424 g/mol. The predicted molar refractivity (Wildman–Crippen MR) is 121 cm³/mol. The molecule has 0 radical (unpaired) electrons. The Labute approximate surface area is 182 Å². The summed E-state index contributed by atoms with van der Waals surface area (Å²) in [6, 6.07) is 14.0. The number of aryl methyl sites for hydroxylation is 1. The summed E-state index contributed by atoms with van der Waals surface area (Å²) in [7, 11) is 1.88. The van der Waals surface area contributed by atoms with Crippen LogP contribution >= 0.6 is 11.8 Å². The second kappa shape index (κ2) is 9.80. The molecular formula is C23H28N4O2S. The molecule has 0 aliphatic rings. The highest BCUT2D eigenvalue weighted by Gasteiger charge is 2.13. The average molecular weight is 425 g/mol. The van der Waals surface area contributed by atoms with Crippen LogP contribution in [0.3, 0.4) is 0 Å². The van der Waals surface area contributed by atoms with Crippen molar-refractivity contribution in [3.8, 4) is 5.75 Å². The van der Waals surface area contributed by atoms with Crippen LogP contribution in [-0.2, 0) is 18.4 Å². The van der Waals surface area contributed by atoms with E-state index in [1.165, 1.54) is 17.3 Å². The van der Waals surface area contributed by atoms with E-state index in [1.54, 1.807) is 0 Å². The first kappa shape index (κ1) is 21.9. The standard InChI is InChI=1S/C23H28N4O2S/c1-15(2)18-9-11-19(12-10-18)29-13-21-25-26-23(27(21)5)30-14-22(28)24-20-8-6-7-16(3)17(20)4/h6-12,15H,13-14H2,1-5H3,(H,24,28). The fourth-order valence-corrected chi connectivity index (χ4v) is 3.63. The molecule has 1 N–H and O–H groups in total. The summed E-state index contributed by atoms with van der Waals surface area (Å²) >= 11 is 1.35. The average Bonchev–Trinajstić information content (AvgIpc) is 3.08. The molecule has 7 heteroatoms. The third-order valence-electron chi connectivity index (χ3n) is 5.05. The number of hydrogen-bond acceptors (Lipinski definition) is 5. The number of rotatable bonds is 8. The number of nitrogens with one attached hydrogen (secondary N) is 1. The summed E-state index contributed by atoms with van der Waals surface area (Å²) in [5, 5.41) is 12.0. The Kier molecular flexibility index (Phi) is 7.15. The van der Waals surface area contributed by atoms with Crippen LogP contribution in [0, 0.1) is 13.8 Å². The smallest absolute Gasteiger partial charge is 0.234 e. The number of ether oxygens (including phenoxy) is 1. The van der Waals surface area contributed by atoms with Crippen LogP contribution in [0.2, 0.25) is 0 Å². The molecule has 0 atom stereocenters. The van der Waals surface area contributed by atoms with Crippen molar-refractivity contribution in [2.24, 2.45) is 7.05 Å². The number of anilines is 1. The maximum atomic E-state index is 12.3. The third kappa shape index (κ3) is 5.42. The van der Waals surface area contributed by atoms with Crippen molar-refractivity contribution in [1.29, 1.82) is 0 Å². The summed E-state index contributed by atoms with van der Waals surface area (Å²) in [5.74, 6) is 2.19. The molecule has 1 heterocycles. The Morgan fingerprint density at radius 3 is 2.57 bits per heavy atom. The van der Waals surface area contributed by atoms with Crippen LogP contribution in [0.4, 0.5) is 5.69 Å². The van der Waals surface area contributed by atoms with Gasteiger partial charge in [0.25, 0.3) is 0 Å². The van der Waals surface area contributed by atoms with E-state index >= 15 is 0 Å². The van der Waals surface area contributed by atoms with Gasteiger partial charge in [-0.05, 0) is 54.7 Å². The summed E-state index contributed by atoms with van der Waals surface area (Å²) in [6.07, 6.45) is 0. The first-order chi connectivity index (χ1) is 14.3. The molecule has 0 unspecified atom stereocenters. The van der Waals surface area contributed by atoms with Crippen molar-refractivity contribution < 1.29 is 9.53 Å². The Morgan fingerprint density at radius 1 is 1.13 bits per heavy atom. The molecule has 0 aliphatic heterocycles. The normalized spacial score (nSPS) is 11.0. The van der Waals surface area contributed by atoms with Crippen molar-refractivity contribution in [3.63, 3.8) is 0 Å². The van der Waals surface area contributed by atoms with Crippen LogP contribution in [0.15, 0.2) is 47.6 Å². The maximum Gasteiger partial charge on any atom is 0.234 e. The largest absolute Gasteiger partial charge is 0.486 e. The van der Waals surface area contributed by atoms with Crippen LogP contribution in [0.25, 0.3) is 0 Å².